The van der Waals surface area contributed by atoms with Crippen molar-refractivity contribution in [2.45, 2.75) is 33.5 Å². The van der Waals surface area contributed by atoms with Gasteiger partial charge in [-0.2, -0.15) is 0 Å². The average Bonchev–Trinajstić information content (AvgIpc) is 2.48. The van der Waals surface area contributed by atoms with Crippen LogP contribution in [0.3, 0.4) is 0 Å². The predicted octanol–water partition coefficient (Wildman–Crippen LogP) is 3.22. The molecule has 0 atom stereocenters. The van der Waals surface area contributed by atoms with E-state index in [0.717, 1.165) is 25.4 Å². The SMILES string of the molecule is CCOCc1ccccc1CNCc1ccc(C)cn1. The minimum Gasteiger partial charge on any atom is -0.377 e. The number of pyridine rings is 1. The molecule has 0 aliphatic heterocycles. The number of ether oxygens (including phenoxy) is 1. The number of nitrogens with zero attached hydrogens (tertiary/aromatic N) is 1. The lowest BCUT2D eigenvalue weighted by Gasteiger charge is -2.10. The molecule has 0 amide bonds. The number of benzene rings is 1. The van der Waals surface area contributed by atoms with Crippen LogP contribution in [0.1, 0.15) is 29.3 Å². The molecule has 0 radical (unpaired) electrons. The van der Waals surface area contributed by atoms with Gasteiger partial charge >= 0.3 is 0 Å². The van der Waals surface area contributed by atoms with E-state index in [2.05, 4.69) is 46.7 Å². The van der Waals surface area contributed by atoms with E-state index in [4.69, 9.17) is 4.74 Å². The minimum absolute atomic E-state index is 0.678. The number of aryl methyl sites for hydroxylation is 1. The molecule has 1 N–H and O–H groups in total. The molecule has 2 rings (SSSR count). The van der Waals surface area contributed by atoms with Gasteiger partial charge in [0.05, 0.1) is 12.3 Å². The maximum Gasteiger partial charge on any atom is 0.0719 e. The van der Waals surface area contributed by atoms with Crippen LogP contribution in [0.25, 0.3) is 0 Å². The Morgan fingerprint density at radius 2 is 1.85 bits per heavy atom. The summed E-state index contributed by atoms with van der Waals surface area (Å²) in [6.45, 7) is 7.10. The fraction of sp³-hybridized carbons (Fsp3) is 0.353. The van der Waals surface area contributed by atoms with Gasteiger partial charge in [0, 0.05) is 25.9 Å². The molecule has 0 aliphatic carbocycles. The molecule has 20 heavy (non-hydrogen) atoms. The Hall–Kier alpha value is -1.71. The van der Waals surface area contributed by atoms with Crippen LogP contribution < -0.4 is 5.32 Å². The van der Waals surface area contributed by atoms with Crippen LogP contribution in [0, 0.1) is 6.92 Å². The molecule has 1 heterocycles. The van der Waals surface area contributed by atoms with Crippen LogP contribution in [0.5, 0.6) is 0 Å². The van der Waals surface area contributed by atoms with E-state index >= 15 is 0 Å². The third-order valence-corrected chi connectivity index (χ3v) is 3.17. The summed E-state index contributed by atoms with van der Waals surface area (Å²) in [6.07, 6.45) is 1.90. The van der Waals surface area contributed by atoms with Crippen LogP contribution in [0.15, 0.2) is 42.6 Å². The van der Waals surface area contributed by atoms with Gasteiger partial charge in [0.25, 0.3) is 0 Å². The van der Waals surface area contributed by atoms with Crippen molar-refractivity contribution in [3.05, 3.63) is 65.0 Å². The summed E-state index contributed by atoms with van der Waals surface area (Å²) in [4.78, 5) is 4.39. The van der Waals surface area contributed by atoms with E-state index < -0.39 is 0 Å². The Morgan fingerprint density at radius 1 is 1.05 bits per heavy atom. The Kier molecular flexibility index (Phi) is 5.71. The van der Waals surface area contributed by atoms with Crippen molar-refractivity contribution in [1.29, 1.82) is 0 Å². The molecule has 1 aromatic carbocycles. The largest absolute Gasteiger partial charge is 0.377 e. The van der Waals surface area contributed by atoms with E-state index in [1.807, 2.05) is 20.0 Å². The van der Waals surface area contributed by atoms with Crippen LogP contribution >= 0.6 is 0 Å². The van der Waals surface area contributed by atoms with E-state index in [1.165, 1.54) is 16.7 Å². The van der Waals surface area contributed by atoms with Crippen molar-refractivity contribution in [2.75, 3.05) is 6.61 Å². The summed E-state index contributed by atoms with van der Waals surface area (Å²) < 4.78 is 5.50. The molecule has 3 nitrogen and oxygen atoms in total. The minimum atomic E-state index is 0.678. The Balaban J connectivity index is 1.88. The van der Waals surface area contributed by atoms with Gasteiger partial charge in [-0.05, 0) is 36.6 Å². The molecular weight excluding hydrogens is 248 g/mol. The molecule has 2 aromatic rings. The lowest BCUT2D eigenvalue weighted by Crippen LogP contribution is -2.15. The normalized spacial score (nSPS) is 10.7. The van der Waals surface area contributed by atoms with Crippen molar-refractivity contribution in [3.63, 3.8) is 0 Å². The first kappa shape index (κ1) is 14.7. The quantitative estimate of drug-likeness (QED) is 0.839. The van der Waals surface area contributed by atoms with Crippen molar-refractivity contribution >= 4 is 0 Å². The first-order valence-corrected chi connectivity index (χ1v) is 7.06. The van der Waals surface area contributed by atoms with Gasteiger partial charge < -0.3 is 10.1 Å². The molecule has 0 saturated heterocycles. The highest BCUT2D eigenvalue weighted by Gasteiger charge is 2.02. The Labute approximate surface area is 121 Å². The van der Waals surface area contributed by atoms with Crippen LogP contribution in [-0.2, 0) is 24.4 Å². The predicted molar refractivity (Wildman–Crippen MR) is 81.3 cm³/mol. The zero-order chi connectivity index (χ0) is 14.2. The highest BCUT2D eigenvalue weighted by molar-refractivity contribution is 5.26. The third-order valence-electron chi connectivity index (χ3n) is 3.17. The topological polar surface area (TPSA) is 34.1 Å². The molecule has 0 saturated carbocycles. The summed E-state index contributed by atoms with van der Waals surface area (Å²) in [7, 11) is 0. The van der Waals surface area contributed by atoms with Gasteiger partial charge in [0.2, 0.25) is 0 Å². The van der Waals surface area contributed by atoms with Gasteiger partial charge in [-0.3, -0.25) is 4.98 Å². The lowest BCUT2D eigenvalue weighted by molar-refractivity contribution is 0.133. The summed E-state index contributed by atoms with van der Waals surface area (Å²) in [5.41, 5.74) is 4.79. The maximum atomic E-state index is 5.50. The van der Waals surface area contributed by atoms with Crippen molar-refractivity contribution in [2.24, 2.45) is 0 Å². The summed E-state index contributed by atoms with van der Waals surface area (Å²) in [5, 5.41) is 3.44. The first-order valence-electron chi connectivity index (χ1n) is 7.06. The van der Waals surface area contributed by atoms with Gasteiger partial charge in [0.1, 0.15) is 0 Å². The number of nitrogens with one attached hydrogen (secondary N) is 1. The summed E-state index contributed by atoms with van der Waals surface area (Å²) in [5.74, 6) is 0. The van der Waals surface area contributed by atoms with Crippen molar-refractivity contribution in [3.8, 4) is 0 Å². The molecule has 0 spiro atoms. The highest BCUT2D eigenvalue weighted by Crippen LogP contribution is 2.10. The second-order valence-electron chi connectivity index (χ2n) is 4.84. The van der Waals surface area contributed by atoms with E-state index in [9.17, 15) is 0 Å². The fourth-order valence-corrected chi connectivity index (χ4v) is 2.01. The standard InChI is InChI=1S/C17H22N2O/c1-3-20-13-16-7-5-4-6-15(16)11-18-12-17-9-8-14(2)10-19-17/h4-10,18H,3,11-13H2,1-2H3. The van der Waals surface area contributed by atoms with Gasteiger partial charge in [-0.25, -0.2) is 0 Å². The smallest absolute Gasteiger partial charge is 0.0719 e. The van der Waals surface area contributed by atoms with Crippen molar-refractivity contribution in [1.82, 2.24) is 10.3 Å². The van der Waals surface area contributed by atoms with Crippen LogP contribution in [-0.4, -0.2) is 11.6 Å². The Morgan fingerprint density at radius 3 is 2.55 bits per heavy atom. The molecule has 106 valence electrons. The molecular formula is C17H22N2O. The second-order valence-corrected chi connectivity index (χ2v) is 4.84. The fourth-order valence-electron chi connectivity index (χ4n) is 2.01. The maximum absolute atomic E-state index is 5.50. The zero-order valence-electron chi connectivity index (χ0n) is 12.2. The summed E-state index contributed by atoms with van der Waals surface area (Å²) in [6, 6.07) is 12.5. The van der Waals surface area contributed by atoms with Crippen molar-refractivity contribution < 1.29 is 4.74 Å². The van der Waals surface area contributed by atoms with Crippen LogP contribution in [0.4, 0.5) is 0 Å². The number of rotatable bonds is 7. The van der Waals surface area contributed by atoms with Crippen LogP contribution in [0.2, 0.25) is 0 Å². The Bertz CT molecular complexity index is 523. The second kappa shape index (κ2) is 7.78. The number of aromatic nitrogens is 1. The van der Waals surface area contributed by atoms with Gasteiger partial charge in [0.15, 0.2) is 0 Å². The molecule has 0 fully saturated rings. The summed E-state index contributed by atoms with van der Waals surface area (Å²) >= 11 is 0. The van der Waals surface area contributed by atoms with E-state index in [-0.39, 0.29) is 0 Å². The molecule has 1 aromatic heterocycles. The van der Waals surface area contributed by atoms with Gasteiger partial charge in [-0.15, -0.1) is 0 Å². The van der Waals surface area contributed by atoms with E-state index in [1.54, 1.807) is 0 Å². The highest BCUT2D eigenvalue weighted by atomic mass is 16.5. The zero-order valence-corrected chi connectivity index (χ0v) is 12.2. The van der Waals surface area contributed by atoms with E-state index in [0.29, 0.717) is 6.61 Å². The monoisotopic (exact) mass is 270 g/mol. The molecule has 0 aliphatic rings. The molecule has 0 unspecified atom stereocenters. The first-order chi connectivity index (χ1) is 9.79. The average molecular weight is 270 g/mol. The number of hydrogen-bond donors (Lipinski definition) is 1. The molecule has 3 heteroatoms. The lowest BCUT2D eigenvalue weighted by atomic mass is 10.1. The molecule has 0 bridgehead atoms. The van der Waals surface area contributed by atoms with Gasteiger partial charge in [-0.1, -0.05) is 30.3 Å². The number of hydrogen-bond acceptors (Lipinski definition) is 3. The third kappa shape index (κ3) is 4.44.